The molecule has 420 valence electrons. The van der Waals surface area contributed by atoms with Crippen molar-refractivity contribution in [1.82, 2.24) is 26.3 Å². The minimum absolute atomic E-state index is 0.0170. The second kappa shape index (κ2) is 27.2. The summed E-state index contributed by atoms with van der Waals surface area (Å²) in [6, 6.07) is 9.78. The number of nitrogens with one attached hydrogen (secondary N) is 4. The van der Waals surface area contributed by atoms with Gasteiger partial charge in [0.05, 0.1) is 29.7 Å². The SMILES string of the molecule is COc1ccc(C[C@H]2NC(=O)/C=C/C[C@@H]([C@H](C)[C@H]3O[C@@H]3c3ccc(CCC(=O)[C@H](C)NC(=O)[C@@H](CC(=O)CCCC(=O)ON4C(=O)CCC4=O)C(C)C)cc3)OC(=O)[C@H](CC(C)(C)C)NC(=O)C(C)(C)CNC2=O)cc1Cl. The van der Waals surface area contributed by atoms with Crippen molar-refractivity contribution in [3.8, 4) is 5.75 Å². The van der Waals surface area contributed by atoms with Crippen LogP contribution in [0, 0.1) is 28.6 Å². The topological polar surface area (TPSA) is 262 Å². The number of aryl methyl sites for hydroxylation is 1. The fraction of sp³-hybridized carbons (Fsp3) is 0.579. The Morgan fingerprint density at radius 2 is 1.55 bits per heavy atom. The fourth-order valence-electron chi connectivity index (χ4n) is 9.06. The van der Waals surface area contributed by atoms with Crippen molar-refractivity contribution < 1.29 is 67.0 Å². The van der Waals surface area contributed by atoms with Gasteiger partial charge < -0.3 is 40.3 Å². The number of ketones is 2. The fourth-order valence-corrected chi connectivity index (χ4v) is 9.34. The molecule has 0 bridgehead atoms. The highest BCUT2D eigenvalue weighted by Gasteiger charge is 2.48. The molecule has 2 aromatic carbocycles. The highest BCUT2D eigenvalue weighted by atomic mass is 35.5. The summed E-state index contributed by atoms with van der Waals surface area (Å²) in [4.78, 5) is 135. The number of ether oxygens (including phenoxy) is 3. The maximum absolute atomic E-state index is 14.1. The van der Waals surface area contributed by atoms with Crippen LogP contribution in [0.1, 0.15) is 143 Å². The number of hydroxylamine groups is 2. The Morgan fingerprint density at radius 3 is 2.17 bits per heavy atom. The van der Waals surface area contributed by atoms with Crippen molar-refractivity contribution in [2.24, 2.45) is 28.6 Å². The first-order valence-corrected chi connectivity index (χ1v) is 26.8. The summed E-state index contributed by atoms with van der Waals surface area (Å²) in [5, 5.41) is 12.1. The Kier molecular flexibility index (Phi) is 21.7. The lowest BCUT2D eigenvalue weighted by molar-refractivity contribution is -0.197. The van der Waals surface area contributed by atoms with Gasteiger partial charge in [-0.1, -0.05) is 89.6 Å². The van der Waals surface area contributed by atoms with Gasteiger partial charge in [0.2, 0.25) is 23.6 Å². The average molecular weight is 1090 g/mol. The quantitative estimate of drug-likeness (QED) is 0.0626. The number of hydrogen-bond donors (Lipinski definition) is 4. The predicted octanol–water partition coefficient (Wildman–Crippen LogP) is 6.10. The lowest BCUT2D eigenvalue weighted by Crippen LogP contribution is -2.54. The third-order valence-corrected chi connectivity index (χ3v) is 14.3. The first-order chi connectivity index (χ1) is 36.2. The van der Waals surface area contributed by atoms with Gasteiger partial charge >= 0.3 is 11.9 Å². The zero-order valence-corrected chi connectivity index (χ0v) is 46.7. The number of cyclic esters (lactones) is 1. The number of methoxy groups -OCH3 is 1. The smallest absolute Gasteiger partial charge is 0.333 e. The largest absolute Gasteiger partial charge is 0.495 e. The summed E-state index contributed by atoms with van der Waals surface area (Å²) in [7, 11) is 1.49. The van der Waals surface area contributed by atoms with E-state index in [0.29, 0.717) is 27.8 Å². The van der Waals surface area contributed by atoms with Crippen LogP contribution in [-0.2, 0) is 75.1 Å². The van der Waals surface area contributed by atoms with Crippen LogP contribution in [-0.4, -0.2) is 108 Å². The van der Waals surface area contributed by atoms with Crippen LogP contribution < -0.4 is 26.0 Å². The molecule has 0 unspecified atom stereocenters. The molecule has 19 nitrogen and oxygen atoms in total. The number of Topliss-reactive ketones (excluding diaryl/α,β-unsaturated/α-hetero) is 2. The first-order valence-electron chi connectivity index (χ1n) is 26.4. The minimum atomic E-state index is -1.18. The number of carbonyl (C=O) groups excluding carboxylic acids is 10. The number of esters is 1. The van der Waals surface area contributed by atoms with Crippen LogP contribution in [0.4, 0.5) is 0 Å². The molecule has 6 amide bonds. The van der Waals surface area contributed by atoms with Crippen LogP contribution in [0.2, 0.25) is 5.02 Å². The standard InChI is InChI=1S/C57H76ClN5O14/c1-32(2)39(29-38(64)13-11-16-49(69)77-63-47(67)25-26-48(63)68)52(70)60-34(4)43(65)23-19-35-17-21-37(22-18-35)51-50(76-51)33(3)44-14-12-15-46(66)61-41(28-36-20-24-45(74-10)40(58)27-36)53(71)59-31-57(8,9)55(73)62-42(54(72)75-44)30-56(5,6)7/h12,15,17-18,20-22,24,27,32-34,39,41-42,44,50-51H,11,13-14,16,19,23,25-26,28-31H2,1-10H3,(H,59,71)(H,60,70)(H,61,66)(H,62,73)/b15-12+/t33-,34-,39-,41+,42-,44-,50+,51+/m0/s1. The van der Waals surface area contributed by atoms with Crippen LogP contribution in [0.25, 0.3) is 0 Å². The van der Waals surface area contributed by atoms with Gasteiger partial charge in [-0.2, -0.15) is 0 Å². The molecule has 3 heterocycles. The average Bonchev–Trinajstić information content (AvgIpc) is 4.12. The molecule has 3 aliphatic rings. The van der Waals surface area contributed by atoms with Gasteiger partial charge in [-0.25, -0.2) is 9.59 Å². The Morgan fingerprint density at radius 1 is 0.883 bits per heavy atom. The molecule has 2 fully saturated rings. The molecule has 0 spiro atoms. The predicted molar refractivity (Wildman–Crippen MR) is 283 cm³/mol. The van der Waals surface area contributed by atoms with Crippen molar-refractivity contribution in [1.29, 1.82) is 0 Å². The monoisotopic (exact) mass is 1090 g/mol. The van der Waals surface area contributed by atoms with E-state index in [1.165, 1.54) is 13.2 Å². The number of hydrogen-bond acceptors (Lipinski definition) is 14. The summed E-state index contributed by atoms with van der Waals surface area (Å²) in [6.45, 7) is 16.1. The number of epoxide rings is 1. The summed E-state index contributed by atoms with van der Waals surface area (Å²) in [5.41, 5.74) is 0.811. The molecule has 20 heteroatoms. The van der Waals surface area contributed by atoms with E-state index in [1.807, 2.05) is 52.0 Å². The summed E-state index contributed by atoms with van der Waals surface area (Å²) in [5.74, 6) is -5.95. The van der Waals surface area contributed by atoms with E-state index in [9.17, 15) is 47.9 Å². The van der Waals surface area contributed by atoms with Crippen LogP contribution in [0.15, 0.2) is 54.6 Å². The second-order valence-electron chi connectivity index (χ2n) is 22.6. The van der Waals surface area contributed by atoms with Gasteiger partial charge in [0.15, 0.2) is 5.78 Å². The van der Waals surface area contributed by atoms with Crippen molar-refractivity contribution in [2.45, 2.75) is 169 Å². The third kappa shape index (κ3) is 18.3. The van der Waals surface area contributed by atoms with Crippen molar-refractivity contribution in [3.05, 3.63) is 76.3 Å². The molecule has 77 heavy (non-hydrogen) atoms. The molecule has 0 aromatic heterocycles. The Labute approximate surface area is 455 Å². The Bertz CT molecular complexity index is 2540. The zero-order valence-electron chi connectivity index (χ0n) is 45.9. The van der Waals surface area contributed by atoms with E-state index < -0.39 is 94.3 Å². The molecular weight excluding hydrogens is 1010 g/mol. The van der Waals surface area contributed by atoms with E-state index in [0.717, 1.165) is 11.1 Å². The Hall–Kier alpha value is -6.47. The van der Waals surface area contributed by atoms with Crippen molar-refractivity contribution in [3.63, 3.8) is 0 Å². The lowest BCUT2D eigenvalue weighted by atomic mass is 9.86. The van der Waals surface area contributed by atoms with Gasteiger partial charge in [0, 0.05) is 69.7 Å². The Balaban J connectivity index is 1.19. The number of rotatable bonds is 21. The molecule has 3 aliphatic heterocycles. The van der Waals surface area contributed by atoms with E-state index in [2.05, 4.69) is 21.3 Å². The lowest BCUT2D eigenvalue weighted by Gasteiger charge is -2.32. The molecule has 0 aliphatic carbocycles. The maximum Gasteiger partial charge on any atom is 0.333 e. The van der Waals surface area contributed by atoms with Crippen molar-refractivity contribution >= 4 is 70.5 Å². The van der Waals surface area contributed by atoms with E-state index in [4.69, 9.17) is 30.6 Å². The molecule has 5 rings (SSSR count). The number of imide groups is 1. The van der Waals surface area contributed by atoms with Crippen LogP contribution in [0.3, 0.4) is 0 Å². The first kappa shape index (κ1) is 61.4. The van der Waals surface area contributed by atoms with E-state index in [-0.39, 0.29) is 100 Å². The second-order valence-corrected chi connectivity index (χ2v) is 23.0. The highest BCUT2D eigenvalue weighted by Crippen LogP contribution is 2.45. The summed E-state index contributed by atoms with van der Waals surface area (Å²) in [6.07, 6.45) is 2.08. The third-order valence-electron chi connectivity index (χ3n) is 14.0. The van der Waals surface area contributed by atoms with Gasteiger partial charge in [0.1, 0.15) is 35.8 Å². The molecule has 0 radical (unpaired) electrons. The number of nitrogens with zero attached hydrogens (tertiary/aromatic N) is 1. The minimum Gasteiger partial charge on any atom is -0.495 e. The van der Waals surface area contributed by atoms with E-state index in [1.54, 1.807) is 58.9 Å². The number of benzene rings is 2. The van der Waals surface area contributed by atoms with Gasteiger partial charge in [-0.15, -0.1) is 5.06 Å². The molecule has 2 aromatic rings. The number of amides is 6. The van der Waals surface area contributed by atoms with Crippen LogP contribution in [0.5, 0.6) is 5.75 Å². The van der Waals surface area contributed by atoms with Crippen molar-refractivity contribution in [2.75, 3.05) is 13.7 Å². The highest BCUT2D eigenvalue weighted by molar-refractivity contribution is 6.32. The molecule has 0 saturated carbocycles. The summed E-state index contributed by atoms with van der Waals surface area (Å²) < 4.78 is 17.7. The molecule has 4 N–H and O–H groups in total. The molecular formula is C57H76ClN5O14. The van der Waals surface area contributed by atoms with Gasteiger partial charge in [0.25, 0.3) is 11.8 Å². The number of carbonyl (C=O) groups is 10. The van der Waals surface area contributed by atoms with Gasteiger partial charge in [-0.3, -0.25) is 38.4 Å². The molecule has 2 saturated heterocycles. The van der Waals surface area contributed by atoms with Crippen LogP contribution >= 0.6 is 11.6 Å². The number of halogens is 1. The molecule has 8 atom stereocenters. The maximum atomic E-state index is 14.1. The van der Waals surface area contributed by atoms with E-state index >= 15 is 0 Å². The van der Waals surface area contributed by atoms with Gasteiger partial charge in [-0.05, 0) is 86.3 Å². The summed E-state index contributed by atoms with van der Waals surface area (Å²) >= 11 is 6.39. The zero-order chi connectivity index (χ0) is 56.9. The normalized spacial score (nSPS) is 22.9.